The predicted molar refractivity (Wildman–Crippen MR) is 136 cm³/mol. The Morgan fingerprint density at radius 1 is 1.05 bits per heavy atom. The number of halogens is 6. The van der Waals surface area contributed by atoms with Crippen LogP contribution in [0.25, 0.3) is 0 Å². The minimum absolute atomic E-state index is 0.131. The average molecular weight is 566 g/mol. The first-order chi connectivity index (χ1) is 18.1. The van der Waals surface area contributed by atoms with Crippen molar-refractivity contribution >= 4 is 28.1 Å². The fourth-order valence-electron chi connectivity index (χ4n) is 4.55. The molecular formula is C27H21ClF5N3OS. The number of pyridine rings is 1. The molecule has 2 aromatic heterocycles. The van der Waals surface area contributed by atoms with Gasteiger partial charge in [-0.2, -0.15) is 17.6 Å². The number of aromatic nitrogens is 2. The molecule has 1 aliphatic rings. The van der Waals surface area contributed by atoms with Crippen LogP contribution in [0.1, 0.15) is 33.8 Å². The minimum atomic E-state index is -4.81. The topological polar surface area (TPSA) is 47.0 Å². The molecule has 0 saturated carbocycles. The van der Waals surface area contributed by atoms with Crippen LogP contribution in [0.15, 0.2) is 66.9 Å². The summed E-state index contributed by atoms with van der Waals surface area (Å²) in [4.78, 5) is 10.3. The van der Waals surface area contributed by atoms with Gasteiger partial charge in [0.15, 0.2) is 5.13 Å². The number of ether oxygens (including phenoxy) is 1. The highest BCUT2D eigenvalue weighted by Gasteiger charge is 2.45. The van der Waals surface area contributed by atoms with Crippen molar-refractivity contribution in [2.45, 2.75) is 43.8 Å². The Hall–Kier alpha value is -3.24. The van der Waals surface area contributed by atoms with Gasteiger partial charge >= 0.3 is 12.5 Å². The smallest absolute Gasteiger partial charge is 0.428 e. The summed E-state index contributed by atoms with van der Waals surface area (Å²) in [5.41, 5.74) is 0.933. The lowest BCUT2D eigenvalue weighted by atomic mass is 9.80. The molecule has 38 heavy (non-hydrogen) atoms. The van der Waals surface area contributed by atoms with Gasteiger partial charge in [-0.15, -0.1) is 11.3 Å². The lowest BCUT2D eigenvalue weighted by Gasteiger charge is -2.36. The van der Waals surface area contributed by atoms with Crippen molar-refractivity contribution in [1.82, 2.24) is 9.97 Å². The SMILES string of the molecule is Fc1cc(OC(F)(F)C(F)F)cc([C@@](Cc2ccccc2)(Nc2nc3c(s2)CCC3)c2ccc(Cl)cn2)c1. The number of rotatable bonds is 9. The Balaban J connectivity index is 1.70. The van der Waals surface area contributed by atoms with Gasteiger partial charge < -0.3 is 10.1 Å². The molecule has 0 spiro atoms. The van der Waals surface area contributed by atoms with Crippen LogP contribution in [0, 0.1) is 5.82 Å². The average Bonchev–Trinajstić information content (AvgIpc) is 3.46. The number of fused-ring (bicyclic) bond motifs is 1. The summed E-state index contributed by atoms with van der Waals surface area (Å²) in [5, 5.41) is 4.30. The Morgan fingerprint density at radius 2 is 1.84 bits per heavy atom. The second-order valence-electron chi connectivity index (χ2n) is 8.94. The van der Waals surface area contributed by atoms with Crippen molar-refractivity contribution in [3.05, 3.63) is 105 Å². The lowest BCUT2D eigenvalue weighted by Crippen LogP contribution is -2.40. The van der Waals surface area contributed by atoms with Gasteiger partial charge in [0.05, 0.1) is 16.4 Å². The predicted octanol–water partition coefficient (Wildman–Crippen LogP) is 7.65. The van der Waals surface area contributed by atoms with E-state index in [1.807, 2.05) is 30.3 Å². The Labute approximate surface area is 224 Å². The molecule has 1 aliphatic carbocycles. The number of benzene rings is 2. The third-order valence-electron chi connectivity index (χ3n) is 6.26. The van der Waals surface area contributed by atoms with E-state index in [1.165, 1.54) is 17.5 Å². The molecule has 1 N–H and O–H groups in total. The van der Waals surface area contributed by atoms with Crippen LogP contribution < -0.4 is 10.1 Å². The first kappa shape index (κ1) is 26.4. The standard InChI is InChI=1S/C27H21ClF5N3OS/c28-18-9-10-23(34-15-18)26(14-16-5-2-1-3-6-16,36-25-35-21-7-4-8-22(21)38-25)17-11-19(29)13-20(12-17)37-27(32,33)24(30)31/h1-3,5-6,9-13,15,24H,4,7-8,14H2,(H,35,36)/t26-/m1/s1. The van der Waals surface area contributed by atoms with Gasteiger partial charge in [-0.3, -0.25) is 4.98 Å². The van der Waals surface area contributed by atoms with Gasteiger partial charge in [-0.05, 0) is 54.7 Å². The molecule has 0 saturated heterocycles. The zero-order valence-electron chi connectivity index (χ0n) is 19.7. The second-order valence-corrected chi connectivity index (χ2v) is 10.5. The van der Waals surface area contributed by atoms with Crippen molar-refractivity contribution in [2.24, 2.45) is 0 Å². The van der Waals surface area contributed by atoms with E-state index in [0.29, 0.717) is 21.9 Å². The van der Waals surface area contributed by atoms with Crippen LogP contribution >= 0.6 is 22.9 Å². The molecule has 2 heterocycles. The molecule has 5 rings (SSSR count). The summed E-state index contributed by atoms with van der Waals surface area (Å²) in [6.07, 6.45) is -4.58. The molecule has 0 aliphatic heterocycles. The van der Waals surface area contributed by atoms with E-state index in [4.69, 9.17) is 16.6 Å². The van der Waals surface area contributed by atoms with Gasteiger partial charge in [0, 0.05) is 23.6 Å². The molecule has 0 fully saturated rings. The molecule has 198 valence electrons. The van der Waals surface area contributed by atoms with Crippen molar-refractivity contribution in [1.29, 1.82) is 0 Å². The fraction of sp³-hybridized carbons (Fsp3) is 0.259. The van der Waals surface area contributed by atoms with Crippen molar-refractivity contribution in [3.8, 4) is 5.75 Å². The lowest BCUT2D eigenvalue weighted by molar-refractivity contribution is -0.253. The largest absolute Gasteiger partial charge is 0.461 e. The highest BCUT2D eigenvalue weighted by Crippen LogP contribution is 2.41. The van der Waals surface area contributed by atoms with Gasteiger partial charge in [0.2, 0.25) is 0 Å². The number of nitrogens with zero attached hydrogens (tertiary/aromatic N) is 2. The number of anilines is 1. The third-order valence-corrected chi connectivity index (χ3v) is 7.56. The molecule has 0 radical (unpaired) electrons. The molecule has 1 atom stereocenters. The van der Waals surface area contributed by atoms with Crippen LogP contribution in [-0.4, -0.2) is 22.5 Å². The van der Waals surface area contributed by atoms with Crippen molar-refractivity contribution in [2.75, 3.05) is 5.32 Å². The Morgan fingerprint density at radius 3 is 2.53 bits per heavy atom. The normalized spacial score (nSPS) is 14.8. The van der Waals surface area contributed by atoms with Gasteiger partial charge in [-0.1, -0.05) is 41.9 Å². The molecule has 0 bridgehead atoms. The highest BCUT2D eigenvalue weighted by atomic mass is 35.5. The number of alkyl halides is 4. The summed E-state index contributed by atoms with van der Waals surface area (Å²) in [5.74, 6) is -1.70. The van der Waals surface area contributed by atoms with Crippen LogP contribution in [0.3, 0.4) is 0 Å². The van der Waals surface area contributed by atoms with Crippen LogP contribution in [0.2, 0.25) is 5.02 Å². The zero-order chi connectivity index (χ0) is 26.9. The number of thiazole rings is 1. The van der Waals surface area contributed by atoms with Crippen LogP contribution in [-0.2, 0) is 24.8 Å². The molecule has 0 unspecified atom stereocenters. The minimum Gasteiger partial charge on any atom is -0.428 e. The molecule has 0 amide bonds. The quantitative estimate of drug-likeness (QED) is 0.212. The van der Waals surface area contributed by atoms with E-state index in [-0.39, 0.29) is 12.0 Å². The molecule has 11 heteroatoms. The number of hydrogen-bond acceptors (Lipinski definition) is 5. The summed E-state index contributed by atoms with van der Waals surface area (Å²) < 4.78 is 72.6. The Kier molecular flexibility index (Phi) is 7.28. The second kappa shape index (κ2) is 10.5. The molecular weight excluding hydrogens is 545 g/mol. The first-order valence-corrected chi connectivity index (χ1v) is 12.9. The van der Waals surface area contributed by atoms with Crippen molar-refractivity contribution < 1.29 is 26.7 Å². The van der Waals surface area contributed by atoms with E-state index < -0.39 is 29.6 Å². The maximum atomic E-state index is 14.9. The van der Waals surface area contributed by atoms with E-state index in [1.54, 1.807) is 12.1 Å². The molecule has 4 aromatic rings. The van der Waals surface area contributed by atoms with E-state index in [9.17, 15) is 22.0 Å². The monoisotopic (exact) mass is 565 g/mol. The van der Waals surface area contributed by atoms with E-state index in [0.717, 1.165) is 47.5 Å². The maximum absolute atomic E-state index is 14.9. The third kappa shape index (κ3) is 5.47. The fourth-order valence-corrected chi connectivity index (χ4v) is 5.79. The first-order valence-electron chi connectivity index (χ1n) is 11.7. The molecule has 2 aromatic carbocycles. The van der Waals surface area contributed by atoms with Gasteiger partial charge in [-0.25, -0.2) is 9.37 Å². The van der Waals surface area contributed by atoms with Crippen molar-refractivity contribution in [3.63, 3.8) is 0 Å². The van der Waals surface area contributed by atoms with Crippen LogP contribution in [0.5, 0.6) is 5.75 Å². The van der Waals surface area contributed by atoms with Crippen LogP contribution in [0.4, 0.5) is 27.1 Å². The summed E-state index contributed by atoms with van der Waals surface area (Å²) in [6, 6.07) is 15.4. The highest BCUT2D eigenvalue weighted by molar-refractivity contribution is 7.15. The Bertz CT molecular complexity index is 1400. The van der Waals surface area contributed by atoms with E-state index in [2.05, 4.69) is 15.0 Å². The maximum Gasteiger partial charge on any atom is 0.461 e. The van der Waals surface area contributed by atoms with E-state index >= 15 is 0 Å². The summed E-state index contributed by atoms with van der Waals surface area (Å²) in [7, 11) is 0. The van der Waals surface area contributed by atoms with Gasteiger partial charge in [0.1, 0.15) is 17.1 Å². The summed E-state index contributed by atoms with van der Waals surface area (Å²) >= 11 is 7.56. The zero-order valence-corrected chi connectivity index (χ0v) is 21.3. The van der Waals surface area contributed by atoms with Gasteiger partial charge in [0.25, 0.3) is 0 Å². The molecule has 4 nitrogen and oxygen atoms in total. The number of nitrogens with one attached hydrogen (secondary N) is 1. The number of aryl methyl sites for hydroxylation is 2. The number of hydrogen-bond donors (Lipinski definition) is 1. The summed E-state index contributed by atoms with van der Waals surface area (Å²) in [6.45, 7) is 0.